The molecule has 0 unspecified atom stereocenters. The van der Waals surface area contributed by atoms with E-state index >= 15 is 0 Å². The van der Waals surface area contributed by atoms with Gasteiger partial charge in [-0.15, -0.1) is 11.3 Å². The second kappa shape index (κ2) is 10.4. The fourth-order valence-corrected chi connectivity index (χ4v) is 3.68. The summed E-state index contributed by atoms with van der Waals surface area (Å²) in [7, 11) is 0. The van der Waals surface area contributed by atoms with Gasteiger partial charge < -0.3 is 9.47 Å². The number of hydrogen-bond acceptors (Lipinski definition) is 7. The Labute approximate surface area is 184 Å². The van der Waals surface area contributed by atoms with Crippen molar-refractivity contribution in [1.29, 1.82) is 5.26 Å². The smallest absolute Gasteiger partial charge is 0.315 e. The molecule has 1 aromatic heterocycles. The van der Waals surface area contributed by atoms with Crippen molar-refractivity contribution >= 4 is 28.7 Å². The summed E-state index contributed by atoms with van der Waals surface area (Å²) in [4.78, 5) is 15.7. The minimum absolute atomic E-state index is 0.102. The van der Waals surface area contributed by atoms with Gasteiger partial charge in [-0.25, -0.2) is 4.98 Å². The van der Waals surface area contributed by atoms with E-state index in [0.717, 1.165) is 11.3 Å². The lowest BCUT2D eigenvalue weighted by Gasteiger charge is -2.12. The predicted octanol–water partition coefficient (Wildman–Crippen LogP) is 5.97. The van der Waals surface area contributed by atoms with Gasteiger partial charge in [0.1, 0.15) is 11.1 Å². The van der Waals surface area contributed by atoms with Crippen LogP contribution in [0.3, 0.4) is 0 Å². The third-order valence-electron chi connectivity index (χ3n) is 4.24. The van der Waals surface area contributed by atoms with Crippen molar-refractivity contribution in [3.63, 3.8) is 0 Å². The number of nitro benzene ring substituents is 1. The summed E-state index contributed by atoms with van der Waals surface area (Å²) in [6.07, 6.45) is 2.28. The number of rotatable bonds is 9. The first kappa shape index (κ1) is 22.0. The van der Waals surface area contributed by atoms with Crippen molar-refractivity contribution in [2.24, 2.45) is 0 Å². The van der Waals surface area contributed by atoms with Crippen LogP contribution in [0.2, 0.25) is 0 Å². The van der Waals surface area contributed by atoms with Gasteiger partial charge in [-0.3, -0.25) is 10.1 Å². The van der Waals surface area contributed by atoms with E-state index in [1.807, 2.05) is 42.6 Å². The van der Waals surface area contributed by atoms with Crippen LogP contribution < -0.4 is 9.47 Å². The fourth-order valence-electron chi connectivity index (χ4n) is 2.89. The lowest BCUT2D eigenvalue weighted by Crippen LogP contribution is -2.04. The van der Waals surface area contributed by atoms with Crippen LogP contribution in [-0.2, 0) is 0 Å². The van der Waals surface area contributed by atoms with E-state index < -0.39 is 4.92 Å². The van der Waals surface area contributed by atoms with Crippen LogP contribution in [0.15, 0.2) is 47.8 Å². The molecule has 0 aliphatic heterocycles. The summed E-state index contributed by atoms with van der Waals surface area (Å²) >= 11 is 1.34. The number of nitrogens with zero attached hydrogens (tertiary/aromatic N) is 3. The van der Waals surface area contributed by atoms with E-state index in [4.69, 9.17) is 9.47 Å². The maximum Gasteiger partial charge on any atom is 0.315 e. The Balaban J connectivity index is 2.03. The number of allylic oxidation sites excluding steroid dienone is 1. The third kappa shape index (κ3) is 5.27. The van der Waals surface area contributed by atoms with Crippen molar-refractivity contribution in [2.45, 2.75) is 20.3 Å². The maximum atomic E-state index is 11.7. The molecule has 158 valence electrons. The second-order valence-corrected chi connectivity index (χ2v) is 7.34. The molecule has 0 saturated heterocycles. The predicted molar refractivity (Wildman–Crippen MR) is 121 cm³/mol. The van der Waals surface area contributed by atoms with E-state index in [0.29, 0.717) is 35.8 Å². The zero-order valence-corrected chi connectivity index (χ0v) is 18.0. The number of benzene rings is 2. The number of thiazole rings is 1. The number of aromatic nitrogens is 1. The van der Waals surface area contributed by atoms with E-state index in [9.17, 15) is 15.4 Å². The highest BCUT2D eigenvalue weighted by molar-refractivity contribution is 7.11. The first-order chi connectivity index (χ1) is 15.1. The SMILES string of the molecule is CCCOc1c(OCC)cc(/C=C(/C#N)c2nc(-c3ccccc3)cs2)cc1[N+](=O)[O-]. The largest absolute Gasteiger partial charge is 0.490 e. The second-order valence-electron chi connectivity index (χ2n) is 6.48. The topological polar surface area (TPSA) is 98.3 Å². The molecule has 0 radical (unpaired) electrons. The van der Waals surface area contributed by atoms with Crippen LogP contribution in [-0.4, -0.2) is 23.1 Å². The highest BCUT2D eigenvalue weighted by atomic mass is 32.1. The van der Waals surface area contributed by atoms with E-state index in [2.05, 4.69) is 11.1 Å². The van der Waals surface area contributed by atoms with Crippen LogP contribution in [0.25, 0.3) is 22.9 Å². The molecule has 0 amide bonds. The molecule has 2 aromatic carbocycles. The van der Waals surface area contributed by atoms with Gasteiger partial charge in [-0.1, -0.05) is 37.3 Å². The van der Waals surface area contributed by atoms with Gasteiger partial charge in [-0.05, 0) is 31.1 Å². The van der Waals surface area contributed by atoms with Crippen molar-refractivity contribution in [2.75, 3.05) is 13.2 Å². The van der Waals surface area contributed by atoms with Gasteiger partial charge in [0.05, 0.1) is 29.4 Å². The minimum atomic E-state index is -0.506. The summed E-state index contributed by atoms with van der Waals surface area (Å²) in [5.41, 5.74) is 2.30. The Morgan fingerprint density at radius 1 is 1.26 bits per heavy atom. The van der Waals surface area contributed by atoms with Gasteiger partial charge >= 0.3 is 5.69 Å². The molecular formula is C23H21N3O4S. The number of hydrogen-bond donors (Lipinski definition) is 0. The number of nitro groups is 1. The van der Waals surface area contributed by atoms with Crippen molar-refractivity contribution in [1.82, 2.24) is 4.98 Å². The molecule has 0 N–H and O–H groups in total. The minimum Gasteiger partial charge on any atom is -0.490 e. The molecule has 3 aromatic rings. The Hall–Kier alpha value is -3.70. The lowest BCUT2D eigenvalue weighted by atomic mass is 10.1. The van der Waals surface area contributed by atoms with Crippen LogP contribution in [0.5, 0.6) is 11.5 Å². The van der Waals surface area contributed by atoms with Crippen LogP contribution in [0, 0.1) is 21.4 Å². The van der Waals surface area contributed by atoms with Crippen molar-refractivity contribution in [3.8, 4) is 28.8 Å². The molecule has 0 atom stereocenters. The first-order valence-electron chi connectivity index (χ1n) is 9.78. The highest BCUT2D eigenvalue weighted by Gasteiger charge is 2.22. The molecule has 31 heavy (non-hydrogen) atoms. The Morgan fingerprint density at radius 3 is 2.68 bits per heavy atom. The summed E-state index contributed by atoms with van der Waals surface area (Å²) in [6.45, 7) is 4.37. The lowest BCUT2D eigenvalue weighted by molar-refractivity contribution is -0.386. The molecule has 1 heterocycles. The van der Waals surface area contributed by atoms with E-state index in [1.54, 1.807) is 19.1 Å². The van der Waals surface area contributed by atoms with Crippen LogP contribution in [0.1, 0.15) is 30.8 Å². The Morgan fingerprint density at radius 2 is 2.03 bits per heavy atom. The van der Waals surface area contributed by atoms with Crippen molar-refractivity contribution < 1.29 is 14.4 Å². The monoisotopic (exact) mass is 435 g/mol. The highest BCUT2D eigenvalue weighted by Crippen LogP contribution is 2.40. The molecular weight excluding hydrogens is 414 g/mol. The summed E-state index contributed by atoms with van der Waals surface area (Å²) in [5, 5.41) is 23.8. The van der Waals surface area contributed by atoms with Crippen LogP contribution >= 0.6 is 11.3 Å². The van der Waals surface area contributed by atoms with Gasteiger partial charge in [0.25, 0.3) is 0 Å². The van der Waals surface area contributed by atoms with Crippen molar-refractivity contribution in [3.05, 3.63) is 68.5 Å². The summed E-state index contributed by atoms with van der Waals surface area (Å²) in [5.74, 6) is 0.378. The standard InChI is InChI=1S/C23H21N3O4S/c1-3-10-30-22-20(26(27)28)12-16(13-21(22)29-4-2)11-18(14-24)23-25-19(15-31-23)17-8-6-5-7-9-17/h5-9,11-13,15H,3-4,10H2,1-2H3/b18-11-. The normalized spacial score (nSPS) is 11.1. The summed E-state index contributed by atoms with van der Waals surface area (Å²) in [6, 6.07) is 14.8. The number of ether oxygens (including phenoxy) is 2. The molecule has 3 rings (SSSR count). The Bertz CT molecular complexity index is 1130. The molecule has 0 spiro atoms. The van der Waals surface area contributed by atoms with Gasteiger partial charge in [0.15, 0.2) is 5.75 Å². The quantitative estimate of drug-likeness (QED) is 0.233. The first-order valence-corrected chi connectivity index (χ1v) is 10.7. The average Bonchev–Trinajstić information content (AvgIpc) is 3.27. The zero-order chi connectivity index (χ0) is 22.2. The van der Waals surface area contributed by atoms with Gasteiger partial charge in [-0.2, -0.15) is 5.26 Å². The maximum absolute atomic E-state index is 11.7. The molecule has 0 saturated carbocycles. The fraction of sp³-hybridized carbons (Fsp3) is 0.217. The van der Waals surface area contributed by atoms with Gasteiger partial charge in [0.2, 0.25) is 5.75 Å². The molecule has 0 bridgehead atoms. The van der Waals surface area contributed by atoms with E-state index in [1.165, 1.54) is 17.4 Å². The third-order valence-corrected chi connectivity index (χ3v) is 5.12. The number of nitriles is 1. The van der Waals surface area contributed by atoms with Gasteiger partial charge in [0, 0.05) is 17.0 Å². The Kier molecular flexibility index (Phi) is 7.35. The molecule has 8 heteroatoms. The molecule has 0 fully saturated rings. The average molecular weight is 436 g/mol. The molecule has 7 nitrogen and oxygen atoms in total. The summed E-state index contributed by atoms with van der Waals surface area (Å²) < 4.78 is 11.2. The molecule has 0 aliphatic rings. The molecule has 0 aliphatic carbocycles. The zero-order valence-electron chi connectivity index (χ0n) is 17.2. The van der Waals surface area contributed by atoms with Crippen LogP contribution in [0.4, 0.5) is 5.69 Å². The van der Waals surface area contributed by atoms with E-state index in [-0.39, 0.29) is 17.2 Å².